The monoisotopic (exact) mass is 553 g/mol. The molecule has 3 rings (SSSR count). The minimum Gasteiger partial charge on any atom is -0.493 e. The molecule has 0 aliphatic rings. The second kappa shape index (κ2) is 12.5. The first-order chi connectivity index (χ1) is 17.3. The van der Waals surface area contributed by atoms with Crippen LogP contribution in [0, 0.1) is 6.92 Å². The molecule has 2 N–H and O–H groups in total. The van der Waals surface area contributed by atoms with E-state index in [1.165, 1.54) is 26.5 Å². The molecule has 0 heterocycles. The van der Waals surface area contributed by atoms with Crippen LogP contribution in [0.1, 0.15) is 31.8 Å². The number of amides is 2. The summed E-state index contributed by atoms with van der Waals surface area (Å²) in [5, 5.41) is 6.47. The Labute approximate surface area is 216 Å². The van der Waals surface area contributed by atoms with Gasteiger partial charge in [-0.15, -0.1) is 0 Å². The highest BCUT2D eigenvalue weighted by Gasteiger charge is 2.15. The number of hydrogen-bond acceptors (Lipinski definition) is 7. The third kappa shape index (κ3) is 6.92. The molecule has 10 heteroatoms. The second-order valence-corrected chi connectivity index (χ2v) is 8.35. The summed E-state index contributed by atoms with van der Waals surface area (Å²) in [6, 6.07) is 16.7. The van der Waals surface area contributed by atoms with E-state index in [1.807, 2.05) is 19.1 Å². The molecular formula is C26H24BrN3O6. The molecule has 0 radical (unpaired) electrons. The second-order valence-electron chi connectivity index (χ2n) is 7.43. The molecule has 0 aliphatic carbocycles. The summed E-state index contributed by atoms with van der Waals surface area (Å²) in [5.74, 6) is -0.395. The average molecular weight is 554 g/mol. The summed E-state index contributed by atoms with van der Waals surface area (Å²) in [4.78, 5) is 37.1. The molecule has 0 atom stereocenters. The van der Waals surface area contributed by atoms with E-state index in [2.05, 4.69) is 31.8 Å². The summed E-state index contributed by atoms with van der Waals surface area (Å²) in [6.07, 6.45) is 1.34. The zero-order chi connectivity index (χ0) is 26.1. The molecule has 0 unspecified atom stereocenters. The third-order valence-corrected chi connectivity index (χ3v) is 5.48. The van der Waals surface area contributed by atoms with Crippen LogP contribution in [0.5, 0.6) is 17.2 Å². The van der Waals surface area contributed by atoms with E-state index in [1.54, 1.807) is 42.5 Å². The molecule has 0 bridgehead atoms. The van der Waals surface area contributed by atoms with Crippen molar-refractivity contribution in [3.63, 3.8) is 0 Å². The predicted octanol–water partition coefficient (Wildman–Crippen LogP) is 3.87. The van der Waals surface area contributed by atoms with E-state index in [4.69, 9.17) is 14.2 Å². The first kappa shape index (κ1) is 26.4. The lowest BCUT2D eigenvalue weighted by molar-refractivity contribution is -0.120. The molecule has 3 aromatic rings. The van der Waals surface area contributed by atoms with Crippen LogP contribution in [-0.2, 0) is 4.79 Å². The number of halogens is 1. The van der Waals surface area contributed by atoms with Gasteiger partial charge < -0.3 is 19.5 Å². The minimum atomic E-state index is -0.615. The van der Waals surface area contributed by atoms with E-state index in [0.29, 0.717) is 27.1 Å². The van der Waals surface area contributed by atoms with Gasteiger partial charge in [0, 0.05) is 15.6 Å². The number of rotatable bonds is 9. The summed E-state index contributed by atoms with van der Waals surface area (Å²) in [7, 11) is 2.97. The number of nitrogens with one attached hydrogen (secondary N) is 2. The van der Waals surface area contributed by atoms with Gasteiger partial charge in [-0.3, -0.25) is 9.59 Å². The van der Waals surface area contributed by atoms with Crippen molar-refractivity contribution in [3.05, 3.63) is 87.4 Å². The van der Waals surface area contributed by atoms with Gasteiger partial charge in [0.25, 0.3) is 11.8 Å². The van der Waals surface area contributed by atoms with E-state index in [0.717, 1.165) is 5.56 Å². The summed E-state index contributed by atoms with van der Waals surface area (Å²) >= 11 is 3.36. The maximum Gasteiger partial charge on any atom is 0.343 e. The lowest BCUT2D eigenvalue weighted by atomic mass is 10.1. The Bertz CT molecular complexity index is 1310. The maximum atomic E-state index is 12.7. The van der Waals surface area contributed by atoms with Crippen molar-refractivity contribution in [2.75, 3.05) is 20.8 Å². The molecule has 0 aliphatic heterocycles. The van der Waals surface area contributed by atoms with Gasteiger partial charge in [-0.05, 0) is 55.0 Å². The van der Waals surface area contributed by atoms with E-state index in [9.17, 15) is 14.4 Å². The molecule has 0 saturated heterocycles. The minimum absolute atomic E-state index is 0.226. The number of hydrazone groups is 1. The lowest BCUT2D eigenvalue weighted by Crippen LogP contribution is -2.35. The Morgan fingerprint density at radius 2 is 1.67 bits per heavy atom. The highest BCUT2D eigenvalue weighted by molar-refractivity contribution is 9.10. The maximum absolute atomic E-state index is 12.7. The van der Waals surface area contributed by atoms with Crippen LogP contribution in [0.15, 0.2) is 70.2 Å². The molecular weight excluding hydrogens is 530 g/mol. The normalized spacial score (nSPS) is 10.6. The largest absolute Gasteiger partial charge is 0.493 e. The smallest absolute Gasteiger partial charge is 0.343 e. The first-order valence-corrected chi connectivity index (χ1v) is 11.5. The Kier molecular flexibility index (Phi) is 9.18. The Hall–Kier alpha value is -4.18. The molecule has 0 spiro atoms. The number of benzene rings is 3. The van der Waals surface area contributed by atoms with E-state index < -0.39 is 11.9 Å². The Morgan fingerprint density at radius 1 is 0.944 bits per heavy atom. The number of nitrogens with zero attached hydrogens (tertiary/aromatic N) is 1. The number of ether oxygens (including phenoxy) is 3. The zero-order valence-corrected chi connectivity index (χ0v) is 21.4. The van der Waals surface area contributed by atoms with Crippen LogP contribution in [0.4, 0.5) is 0 Å². The van der Waals surface area contributed by atoms with Gasteiger partial charge in [0.2, 0.25) is 0 Å². The summed E-state index contributed by atoms with van der Waals surface area (Å²) in [5.41, 5.74) is 4.33. The van der Waals surface area contributed by atoms with Crippen molar-refractivity contribution >= 4 is 39.9 Å². The van der Waals surface area contributed by atoms with Crippen LogP contribution >= 0.6 is 15.9 Å². The molecule has 36 heavy (non-hydrogen) atoms. The fourth-order valence-electron chi connectivity index (χ4n) is 3.13. The van der Waals surface area contributed by atoms with Gasteiger partial charge in [0.15, 0.2) is 11.5 Å². The van der Waals surface area contributed by atoms with Gasteiger partial charge in [0.05, 0.1) is 32.5 Å². The third-order valence-electron chi connectivity index (χ3n) is 4.99. The molecule has 9 nitrogen and oxygen atoms in total. The number of aryl methyl sites for hydroxylation is 1. The quantitative estimate of drug-likeness (QED) is 0.180. The van der Waals surface area contributed by atoms with Gasteiger partial charge in [0.1, 0.15) is 5.75 Å². The van der Waals surface area contributed by atoms with Gasteiger partial charge in [-0.1, -0.05) is 34.1 Å². The van der Waals surface area contributed by atoms with Crippen molar-refractivity contribution in [2.45, 2.75) is 6.92 Å². The van der Waals surface area contributed by atoms with Crippen molar-refractivity contribution in [1.82, 2.24) is 10.7 Å². The Balaban J connectivity index is 1.63. The summed E-state index contributed by atoms with van der Waals surface area (Å²) in [6.45, 7) is 1.55. The zero-order valence-electron chi connectivity index (χ0n) is 19.8. The van der Waals surface area contributed by atoms with Crippen molar-refractivity contribution in [1.29, 1.82) is 0 Å². The SMILES string of the molecule is COc1ccc(C(=O)Oc2ccc(Br)cc2C=NNC(=O)CNC(=O)c2ccccc2C)cc1OC. The Morgan fingerprint density at radius 3 is 2.39 bits per heavy atom. The van der Waals surface area contributed by atoms with Crippen molar-refractivity contribution < 1.29 is 28.6 Å². The fourth-order valence-corrected chi connectivity index (χ4v) is 3.51. The number of carbonyl (C=O) groups is 3. The van der Waals surface area contributed by atoms with Gasteiger partial charge >= 0.3 is 5.97 Å². The number of hydrogen-bond donors (Lipinski definition) is 2. The summed E-state index contributed by atoms with van der Waals surface area (Å²) < 4.78 is 16.7. The lowest BCUT2D eigenvalue weighted by Gasteiger charge is -2.11. The van der Waals surface area contributed by atoms with Crippen LogP contribution in [0.2, 0.25) is 0 Å². The molecule has 2 amide bonds. The fraction of sp³-hybridized carbons (Fsp3) is 0.154. The van der Waals surface area contributed by atoms with Crippen LogP contribution in [0.3, 0.4) is 0 Å². The molecule has 3 aromatic carbocycles. The van der Waals surface area contributed by atoms with Gasteiger partial charge in [-0.2, -0.15) is 5.10 Å². The standard InChI is InChI=1S/C26H24BrN3O6/c1-16-6-4-5-7-20(16)25(32)28-15-24(31)30-29-14-18-12-19(27)9-11-21(18)36-26(33)17-8-10-22(34-2)23(13-17)35-3/h4-14H,15H2,1-3H3,(H,28,32)(H,30,31). The first-order valence-electron chi connectivity index (χ1n) is 10.7. The molecule has 0 aromatic heterocycles. The highest BCUT2D eigenvalue weighted by Crippen LogP contribution is 2.29. The number of esters is 1. The molecule has 0 saturated carbocycles. The average Bonchev–Trinajstić information content (AvgIpc) is 2.88. The topological polar surface area (TPSA) is 115 Å². The van der Waals surface area contributed by atoms with Crippen LogP contribution < -0.4 is 25.0 Å². The van der Waals surface area contributed by atoms with Crippen molar-refractivity contribution in [2.24, 2.45) is 5.10 Å². The van der Waals surface area contributed by atoms with E-state index >= 15 is 0 Å². The predicted molar refractivity (Wildman–Crippen MR) is 138 cm³/mol. The van der Waals surface area contributed by atoms with Gasteiger partial charge in [-0.25, -0.2) is 10.2 Å². The molecule has 186 valence electrons. The highest BCUT2D eigenvalue weighted by atomic mass is 79.9. The van der Waals surface area contributed by atoms with Crippen molar-refractivity contribution in [3.8, 4) is 17.2 Å². The van der Waals surface area contributed by atoms with Crippen LogP contribution in [0.25, 0.3) is 0 Å². The number of carbonyl (C=O) groups excluding carboxylic acids is 3. The van der Waals surface area contributed by atoms with Crippen LogP contribution in [-0.4, -0.2) is 44.8 Å². The molecule has 0 fully saturated rings. The van der Waals surface area contributed by atoms with E-state index in [-0.39, 0.29) is 23.8 Å². The number of methoxy groups -OCH3 is 2.